The van der Waals surface area contributed by atoms with Gasteiger partial charge in [0, 0.05) is 12.6 Å². The molecule has 0 heterocycles. The molecule has 0 spiro atoms. The van der Waals surface area contributed by atoms with Crippen molar-refractivity contribution in [3.05, 3.63) is 58.1 Å². The Kier molecular flexibility index (Phi) is 4.84. The number of benzene rings is 2. The molecule has 112 valence electrons. The first-order chi connectivity index (χ1) is 9.88. The van der Waals surface area contributed by atoms with E-state index in [9.17, 15) is 0 Å². The molecular formula is C20H27N. The van der Waals surface area contributed by atoms with E-state index in [-0.39, 0.29) is 0 Å². The molecule has 2 aromatic rings. The van der Waals surface area contributed by atoms with Gasteiger partial charge in [-0.1, -0.05) is 43.7 Å². The van der Waals surface area contributed by atoms with Crippen LogP contribution in [0.25, 0.3) is 11.1 Å². The van der Waals surface area contributed by atoms with Gasteiger partial charge in [-0.25, -0.2) is 0 Å². The van der Waals surface area contributed by atoms with E-state index in [1.165, 1.54) is 38.9 Å². The van der Waals surface area contributed by atoms with Crippen LogP contribution in [0.5, 0.6) is 0 Å². The number of rotatable bonds is 4. The Morgan fingerprint density at radius 1 is 0.857 bits per heavy atom. The van der Waals surface area contributed by atoms with Crippen molar-refractivity contribution >= 4 is 0 Å². The maximum absolute atomic E-state index is 3.50. The highest BCUT2D eigenvalue weighted by atomic mass is 14.9. The summed E-state index contributed by atoms with van der Waals surface area (Å²) in [7, 11) is 0. The first kappa shape index (κ1) is 15.8. The van der Waals surface area contributed by atoms with E-state index in [0.717, 1.165) is 6.54 Å². The molecule has 0 atom stereocenters. The molecule has 0 unspecified atom stereocenters. The van der Waals surface area contributed by atoms with Crippen LogP contribution in [0.4, 0.5) is 0 Å². The molecule has 1 nitrogen and oxygen atoms in total. The second kappa shape index (κ2) is 6.44. The Labute approximate surface area is 129 Å². The van der Waals surface area contributed by atoms with Crippen LogP contribution in [-0.2, 0) is 6.54 Å². The third-order valence-corrected chi connectivity index (χ3v) is 3.96. The quantitative estimate of drug-likeness (QED) is 0.823. The van der Waals surface area contributed by atoms with Crippen molar-refractivity contribution in [3.8, 4) is 11.1 Å². The largest absolute Gasteiger partial charge is 0.310 e. The van der Waals surface area contributed by atoms with Crippen LogP contribution < -0.4 is 5.32 Å². The third-order valence-electron chi connectivity index (χ3n) is 3.96. The highest BCUT2D eigenvalue weighted by molar-refractivity contribution is 5.74. The lowest BCUT2D eigenvalue weighted by molar-refractivity contribution is 0.589. The summed E-state index contributed by atoms with van der Waals surface area (Å²) in [4.78, 5) is 0. The molecule has 0 saturated heterocycles. The van der Waals surface area contributed by atoms with Crippen molar-refractivity contribution in [2.45, 2.75) is 54.1 Å². The fourth-order valence-corrected chi connectivity index (χ4v) is 2.98. The molecule has 0 aliphatic heterocycles. The van der Waals surface area contributed by atoms with Gasteiger partial charge in [0.05, 0.1) is 0 Å². The van der Waals surface area contributed by atoms with Crippen LogP contribution in [0.3, 0.4) is 0 Å². The number of hydrogen-bond donors (Lipinski definition) is 1. The SMILES string of the molecule is Cc1cc(C)c(-c2cc(CNC(C)C)ccc2C)c(C)c1. The molecule has 0 radical (unpaired) electrons. The maximum Gasteiger partial charge on any atom is 0.0208 e. The van der Waals surface area contributed by atoms with Gasteiger partial charge in [0.25, 0.3) is 0 Å². The molecule has 0 fully saturated rings. The molecule has 1 heteroatoms. The number of aryl methyl sites for hydroxylation is 4. The van der Waals surface area contributed by atoms with Gasteiger partial charge in [-0.2, -0.15) is 0 Å². The van der Waals surface area contributed by atoms with E-state index in [0.29, 0.717) is 6.04 Å². The minimum atomic E-state index is 0.512. The standard InChI is InChI=1S/C20H27N/c1-13(2)21-12-18-8-7-15(4)19(11-18)20-16(5)9-14(3)10-17(20)6/h7-11,13,21H,12H2,1-6H3. The topological polar surface area (TPSA) is 12.0 Å². The van der Waals surface area contributed by atoms with Crippen molar-refractivity contribution < 1.29 is 0 Å². The molecule has 0 aliphatic carbocycles. The van der Waals surface area contributed by atoms with Crippen molar-refractivity contribution in [1.29, 1.82) is 0 Å². The van der Waals surface area contributed by atoms with Crippen molar-refractivity contribution in [1.82, 2.24) is 5.32 Å². The van der Waals surface area contributed by atoms with Gasteiger partial charge in [0.1, 0.15) is 0 Å². The van der Waals surface area contributed by atoms with E-state index in [4.69, 9.17) is 0 Å². The van der Waals surface area contributed by atoms with Gasteiger partial charge in [0.2, 0.25) is 0 Å². The van der Waals surface area contributed by atoms with Crippen LogP contribution in [-0.4, -0.2) is 6.04 Å². The zero-order chi connectivity index (χ0) is 15.6. The lowest BCUT2D eigenvalue weighted by Crippen LogP contribution is -2.21. The van der Waals surface area contributed by atoms with Gasteiger partial charge < -0.3 is 5.32 Å². The molecule has 0 saturated carbocycles. The molecule has 1 N–H and O–H groups in total. The molecule has 2 aromatic carbocycles. The molecule has 0 aliphatic rings. The second-order valence-electron chi connectivity index (χ2n) is 6.46. The zero-order valence-corrected chi connectivity index (χ0v) is 14.2. The first-order valence-corrected chi connectivity index (χ1v) is 7.79. The Balaban J connectivity index is 2.46. The zero-order valence-electron chi connectivity index (χ0n) is 14.2. The number of nitrogens with one attached hydrogen (secondary N) is 1. The van der Waals surface area contributed by atoms with Crippen LogP contribution in [0.1, 0.15) is 41.7 Å². The minimum absolute atomic E-state index is 0.512. The molecule has 0 aromatic heterocycles. The van der Waals surface area contributed by atoms with Gasteiger partial charge in [-0.15, -0.1) is 0 Å². The summed E-state index contributed by atoms with van der Waals surface area (Å²) >= 11 is 0. The normalized spacial score (nSPS) is 11.2. The lowest BCUT2D eigenvalue weighted by atomic mass is 9.90. The van der Waals surface area contributed by atoms with E-state index in [1.54, 1.807) is 0 Å². The molecule has 2 rings (SSSR count). The maximum atomic E-state index is 3.50. The minimum Gasteiger partial charge on any atom is -0.310 e. The molecule has 0 amide bonds. The summed E-state index contributed by atoms with van der Waals surface area (Å²) in [6.07, 6.45) is 0. The van der Waals surface area contributed by atoms with E-state index in [2.05, 4.69) is 77.2 Å². The highest BCUT2D eigenvalue weighted by Crippen LogP contribution is 2.31. The van der Waals surface area contributed by atoms with Crippen molar-refractivity contribution in [2.75, 3.05) is 0 Å². The average molecular weight is 281 g/mol. The lowest BCUT2D eigenvalue weighted by Gasteiger charge is -2.16. The van der Waals surface area contributed by atoms with Crippen molar-refractivity contribution in [3.63, 3.8) is 0 Å². The summed E-state index contributed by atoms with van der Waals surface area (Å²) in [6.45, 7) is 14.1. The smallest absolute Gasteiger partial charge is 0.0208 e. The van der Waals surface area contributed by atoms with Gasteiger partial charge in [-0.05, 0) is 67.1 Å². The highest BCUT2D eigenvalue weighted by Gasteiger charge is 2.10. The van der Waals surface area contributed by atoms with Crippen LogP contribution in [0, 0.1) is 27.7 Å². The fraction of sp³-hybridized carbons (Fsp3) is 0.400. The summed E-state index contributed by atoms with van der Waals surface area (Å²) < 4.78 is 0. The Bertz CT molecular complexity index is 615. The van der Waals surface area contributed by atoms with Crippen molar-refractivity contribution in [2.24, 2.45) is 0 Å². The second-order valence-corrected chi connectivity index (χ2v) is 6.46. The van der Waals surface area contributed by atoms with E-state index >= 15 is 0 Å². The summed E-state index contributed by atoms with van der Waals surface area (Å²) in [5.41, 5.74) is 9.53. The summed E-state index contributed by atoms with van der Waals surface area (Å²) in [5, 5.41) is 3.50. The van der Waals surface area contributed by atoms with Gasteiger partial charge in [0.15, 0.2) is 0 Å². The van der Waals surface area contributed by atoms with Gasteiger partial charge in [-0.3, -0.25) is 0 Å². The average Bonchev–Trinajstić information content (AvgIpc) is 2.38. The Hall–Kier alpha value is -1.60. The Morgan fingerprint density at radius 3 is 2.05 bits per heavy atom. The fourth-order valence-electron chi connectivity index (χ4n) is 2.98. The predicted molar refractivity (Wildman–Crippen MR) is 92.8 cm³/mol. The van der Waals surface area contributed by atoms with Crippen LogP contribution in [0.15, 0.2) is 30.3 Å². The van der Waals surface area contributed by atoms with E-state index < -0.39 is 0 Å². The van der Waals surface area contributed by atoms with Gasteiger partial charge >= 0.3 is 0 Å². The summed E-state index contributed by atoms with van der Waals surface area (Å²) in [5.74, 6) is 0. The van der Waals surface area contributed by atoms with Crippen LogP contribution in [0.2, 0.25) is 0 Å². The molecular weight excluding hydrogens is 254 g/mol. The monoisotopic (exact) mass is 281 g/mol. The molecule has 0 bridgehead atoms. The van der Waals surface area contributed by atoms with E-state index in [1.807, 2.05) is 0 Å². The van der Waals surface area contributed by atoms with Crippen LogP contribution >= 0.6 is 0 Å². The Morgan fingerprint density at radius 2 is 1.48 bits per heavy atom. The summed E-state index contributed by atoms with van der Waals surface area (Å²) in [6, 6.07) is 11.9. The number of hydrogen-bond acceptors (Lipinski definition) is 1. The molecule has 21 heavy (non-hydrogen) atoms. The third kappa shape index (κ3) is 3.74. The predicted octanol–water partition coefficient (Wildman–Crippen LogP) is 5.09. The first-order valence-electron chi connectivity index (χ1n) is 7.79.